The molecule has 106 valence electrons. The first-order valence-corrected chi connectivity index (χ1v) is 6.52. The van der Waals surface area contributed by atoms with E-state index in [2.05, 4.69) is 4.90 Å². The highest BCUT2D eigenvalue weighted by Crippen LogP contribution is 2.19. The molecule has 0 bridgehead atoms. The monoisotopic (exact) mass is 272 g/mol. The van der Waals surface area contributed by atoms with Crippen molar-refractivity contribution in [2.24, 2.45) is 0 Å². The van der Waals surface area contributed by atoms with Crippen LogP contribution in [0.15, 0.2) is 48.5 Å². The smallest absolute Gasteiger partial charge is 0.120 e. The molecule has 0 amide bonds. The molecule has 0 aromatic heterocycles. The molecule has 0 heterocycles. The summed E-state index contributed by atoms with van der Waals surface area (Å²) in [6.07, 6.45) is 0. The van der Waals surface area contributed by atoms with Crippen LogP contribution in [0.1, 0.15) is 0 Å². The quantitative estimate of drug-likeness (QED) is 0.821. The molecule has 0 radical (unpaired) electrons. The number of anilines is 2. The molecule has 0 spiro atoms. The van der Waals surface area contributed by atoms with Crippen LogP contribution < -0.4 is 20.1 Å². The highest BCUT2D eigenvalue weighted by molar-refractivity contribution is 5.50. The lowest BCUT2D eigenvalue weighted by Crippen LogP contribution is -2.23. The standard InChI is InChI=1S/C16H20N2O2/c1-18(14-4-3-5-16(12-14)19-2)10-11-20-15-8-6-13(17)7-9-15/h3-9,12H,10-11,17H2,1-2H3. The van der Waals surface area contributed by atoms with Gasteiger partial charge in [-0.15, -0.1) is 0 Å². The zero-order valence-corrected chi connectivity index (χ0v) is 11.9. The number of rotatable bonds is 6. The largest absolute Gasteiger partial charge is 0.497 e. The summed E-state index contributed by atoms with van der Waals surface area (Å²) < 4.78 is 10.9. The number of nitrogens with two attached hydrogens (primary N) is 1. The van der Waals surface area contributed by atoms with Gasteiger partial charge in [-0.05, 0) is 36.4 Å². The Kier molecular flexibility index (Phi) is 4.71. The van der Waals surface area contributed by atoms with E-state index in [0.29, 0.717) is 6.61 Å². The maximum atomic E-state index is 5.68. The lowest BCUT2D eigenvalue weighted by molar-refractivity contribution is 0.326. The lowest BCUT2D eigenvalue weighted by Gasteiger charge is -2.20. The molecule has 0 saturated heterocycles. The predicted molar refractivity (Wildman–Crippen MR) is 82.6 cm³/mol. The molecule has 0 fully saturated rings. The third-order valence-corrected chi connectivity index (χ3v) is 3.07. The van der Waals surface area contributed by atoms with Crippen LogP contribution in [0.25, 0.3) is 0 Å². The van der Waals surface area contributed by atoms with Crippen molar-refractivity contribution >= 4 is 11.4 Å². The van der Waals surface area contributed by atoms with Gasteiger partial charge in [0.1, 0.15) is 18.1 Å². The van der Waals surface area contributed by atoms with Gasteiger partial charge in [-0.2, -0.15) is 0 Å². The van der Waals surface area contributed by atoms with Crippen molar-refractivity contribution in [1.82, 2.24) is 0 Å². The normalized spacial score (nSPS) is 10.1. The Bertz CT molecular complexity index is 540. The fraction of sp³-hybridized carbons (Fsp3) is 0.250. The average molecular weight is 272 g/mol. The molecular formula is C16H20N2O2. The van der Waals surface area contributed by atoms with Crippen LogP contribution in [0, 0.1) is 0 Å². The van der Waals surface area contributed by atoms with Crippen LogP contribution in [0.3, 0.4) is 0 Å². The van der Waals surface area contributed by atoms with Gasteiger partial charge in [-0.1, -0.05) is 6.07 Å². The minimum atomic E-state index is 0.609. The fourth-order valence-electron chi connectivity index (χ4n) is 1.84. The molecule has 0 aliphatic heterocycles. The van der Waals surface area contributed by atoms with Gasteiger partial charge in [0.25, 0.3) is 0 Å². The first kappa shape index (κ1) is 14.1. The van der Waals surface area contributed by atoms with Gasteiger partial charge in [-0.25, -0.2) is 0 Å². The molecule has 0 atom stereocenters. The number of nitrogens with zero attached hydrogens (tertiary/aromatic N) is 1. The van der Waals surface area contributed by atoms with E-state index in [0.717, 1.165) is 29.4 Å². The third-order valence-electron chi connectivity index (χ3n) is 3.07. The van der Waals surface area contributed by atoms with Crippen molar-refractivity contribution in [3.05, 3.63) is 48.5 Å². The fourth-order valence-corrected chi connectivity index (χ4v) is 1.84. The predicted octanol–water partition coefficient (Wildman–Crippen LogP) is 2.79. The van der Waals surface area contributed by atoms with E-state index in [1.807, 2.05) is 55.6 Å². The zero-order valence-electron chi connectivity index (χ0n) is 11.9. The number of hydrogen-bond acceptors (Lipinski definition) is 4. The lowest BCUT2D eigenvalue weighted by atomic mass is 10.3. The van der Waals surface area contributed by atoms with Crippen molar-refractivity contribution in [3.8, 4) is 11.5 Å². The Morgan fingerprint density at radius 1 is 1.05 bits per heavy atom. The van der Waals surface area contributed by atoms with Gasteiger partial charge in [0.15, 0.2) is 0 Å². The minimum Gasteiger partial charge on any atom is -0.497 e. The van der Waals surface area contributed by atoms with Crippen LogP contribution in [0.4, 0.5) is 11.4 Å². The Morgan fingerprint density at radius 3 is 2.50 bits per heavy atom. The number of benzene rings is 2. The summed E-state index contributed by atoms with van der Waals surface area (Å²) in [6, 6.07) is 15.4. The van der Waals surface area contributed by atoms with E-state index in [1.165, 1.54) is 0 Å². The second-order valence-corrected chi connectivity index (χ2v) is 4.54. The molecule has 2 aromatic carbocycles. The molecule has 2 N–H and O–H groups in total. The first-order chi connectivity index (χ1) is 9.69. The number of ether oxygens (including phenoxy) is 2. The average Bonchev–Trinajstić information content (AvgIpc) is 2.49. The zero-order chi connectivity index (χ0) is 14.4. The van der Waals surface area contributed by atoms with Gasteiger partial charge in [-0.3, -0.25) is 0 Å². The van der Waals surface area contributed by atoms with E-state index in [-0.39, 0.29) is 0 Å². The topological polar surface area (TPSA) is 47.7 Å². The van der Waals surface area contributed by atoms with Gasteiger partial charge in [0.2, 0.25) is 0 Å². The highest BCUT2D eigenvalue weighted by atomic mass is 16.5. The van der Waals surface area contributed by atoms with Crippen molar-refractivity contribution < 1.29 is 9.47 Å². The molecule has 2 aromatic rings. The summed E-state index contributed by atoms with van der Waals surface area (Å²) in [5.74, 6) is 1.69. The molecule has 20 heavy (non-hydrogen) atoms. The molecule has 0 unspecified atom stereocenters. The van der Waals surface area contributed by atoms with Gasteiger partial charge in [0.05, 0.1) is 13.7 Å². The van der Waals surface area contributed by atoms with Crippen LogP contribution in [0.2, 0.25) is 0 Å². The molecule has 4 heteroatoms. The van der Waals surface area contributed by atoms with Crippen molar-refractivity contribution in [1.29, 1.82) is 0 Å². The van der Waals surface area contributed by atoms with E-state index < -0.39 is 0 Å². The summed E-state index contributed by atoms with van der Waals surface area (Å²) in [5.41, 5.74) is 7.47. The van der Waals surface area contributed by atoms with Crippen molar-refractivity contribution in [3.63, 3.8) is 0 Å². The maximum Gasteiger partial charge on any atom is 0.120 e. The summed E-state index contributed by atoms with van der Waals surface area (Å²) in [6.45, 7) is 1.40. The van der Waals surface area contributed by atoms with Crippen LogP contribution >= 0.6 is 0 Å². The second kappa shape index (κ2) is 6.70. The van der Waals surface area contributed by atoms with Crippen LogP contribution in [-0.4, -0.2) is 27.3 Å². The number of methoxy groups -OCH3 is 1. The molecule has 0 saturated carbocycles. The van der Waals surface area contributed by atoms with Crippen LogP contribution in [-0.2, 0) is 0 Å². The Morgan fingerprint density at radius 2 is 1.80 bits per heavy atom. The molecule has 0 aliphatic carbocycles. The molecule has 4 nitrogen and oxygen atoms in total. The number of nitrogen functional groups attached to an aromatic ring is 1. The van der Waals surface area contributed by atoms with E-state index >= 15 is 0 Å². The Labute approximate surface area is 119 Å². The molecular weight excluding hydrogens is 252 g/mol. The number of likely N-dealkylation sites (N-methyl/N-ethyl adjacent to an activating group) is 1. The summed E-state index contributed by atoms with van der Waals surface area (Å²) >= 11 is 0. The first-order valence-electron chi connectivity index (χ1n) is 6.52. The Balaban J connectivity index is 1.85. The van der Waals surface area contributed by atoms with Crippen molar-refractivity contribution in [2.75, 3.05) is 37.9 Å². The summed E-state index contributed by atoms with van der Waals surface area (Å²) in [7, 11) is 3.70. The second-order valence-electron chi connectivity index (χ2n) is 4.54. The molecule has 0 aliphatic rings. The van der Waals surface area contributed by atoms with E-state index in [1.54, 1.807) is 7.11 Å². The SMILES string of the molecule is COc1cccc(N(C)CCOc2ccc(N)cc2)c1. The molecule has 2 rings (SSSR count). The maximum absolute atomic E-state index is 5.68. The number of hydrogen-bond donors (Lipinski definition) is 1. The minimum absolute atomic E-state index is 0.609. The van der Waals surface area contributed by atoms with Crippen LogP contribution in [0.5, 0.6) is 11.5 Å². The van der Waals surface area contributed by atoms with Crippen molar-refractivity contribution in [2.45, 2.75) is 0 Å². The van der Waals surface area contributed by atoms with Gasteiger partial charge < -0.3 is 20.1 Å². The third kappa shape index (κ3) is 3.82. The highest BCUT2D eigenvalue weighted by Gasteiger charge is 2.02. The van der Waals surface area contributed by atoms with Gasteiger partial charge >= 0.3 is 0 Å². The summed E-state index contributed by atoms with van der Waals surface area (Å²) in [4.78, 5) is 2.12. The Hall–Kier alpha value is -2.36. The van der Waals surface area contributed by atoms with Gasteiger partial charge in [0, 0.05) is 24.5 Å². The summed E-state index contributed by atoms with van der Waals surface area (Å²) in [5, 5.41) is 0. The van der Waals surface area contributed by atoms with E-state index in [4.69, 9.17) is 15.2 Å². The van der Waals surface area contributed by atoms with E-state index in [9.17, 15) is 0 Å².